The summed E-state index contributed by atoms with van der Waals surface area (Å²) in [6.07, 6.45) is 5.03. The predicted octanol–water partition coefficient (Wildman–Crippen LogP) is 1.79. The van der Waals surface area contributed by atoms with Gasteiger partial charge in [-0.2, -0.15) is 0 Å². The Morgan fingerprint density at radius 1 is 1.48 bits per heavy atom. The molecule has 8 heteroatoms. The van der Waals surface area contributed by atoms with Crippen molar-refractivity contribution < 1.29 is 8.42 Å². The Labute approximate surface area is 129 Å². The highest BCUT2D eigenvalue weighted by Crippen LogP contribution is 2.26. The summed E-state index contributed by atoms with van der Waals surface area (Å²) in [5, 5.41) is 0.157. The molecule has 0 aliphatic rings. The molecule has 0 radical (unpaired) electrons. The number of hydrogen-bond donors (Lipinski definition) is 2. The van der Waals surface area contributed by atoms with Crippen molar-refractivity contribution in [3.63, 3.8) is 0 Å². The van der Waals surface area contributed by atoms with Crippen LogP contribution in [0.3, 0.4) is 0 Å². The lowest BCUT2D eigenvalue weighted by atomic mass is 10.2. The van der Waals surface area contributed by atoms with Crippen molar-refractivity contribution in [3.05, 3.63) is 41.4 Å². The molecular formula is C13H17ClN4O2S. The van der Waals surface area contributed by atoms with Gasteiger partial charge in [0.05, 0.1) is 11.3 Å². The first-order valence-corrected chi connectivity index (χ1v) is 8.19. The van der Waals surface area contributed by atoms with Gasteiger partial charge in [-0.3, -0.25) is 0 Å². The third-order valence-electron chi connectivity index (χ3n) is 3.01. The highest BCUT2D eigenvalue weighted by atomic mass is 35.5. The molecule has 21 heavy (non-hydrogen) atoms. The Morgan fingerprint density at radius 3 is 2.81 bits per heavy atom. The zero-order valence-electron chi connectivity index (χ0n) is 11.7. The number of rotatable bonds is 5. The average Bonchev–Trinajstić information content (AvgIpc) is 2.85. The molecule has 0 aliphatic carbocycles. The van der Waals surface area contributed by atoms with Gasteiger partial charge >= 0.3 is 0 Å². The predicted molar refractivity (Wildman–Crippen MR) is 82.6 cm³/mol. The maximum Gasteiger partial charge on any atom is 0.242 e. The highest BCUT2D eigenvalue weighted by Gasteiger charge is 2.21. The van der Waals surface area contributed by atoms with E-state index in [2.05, 4.69) is 9.71 Å². The van der Waals surface area contributed by atoms with Crippen LogP contribution in [0.4, 0.5) is 5.69 Å². The summed E-state index contributed by atoms with van der Waals surface area (Å²) in [6, 6.07) is 2.61. The number of halogens is 1. The number of nitrogens with one attached hydrogen (secondary N) is 1. The quantitative estimate of drug-likeness (QED) is 0.819. The lowest BCUT2D eigenvalue weighted by Gasteiger charge is -2.16. The van der Waals surface area contributed by atoms with Gasteiger partial charge in [-0.1, -0.05) is 11.6 Å². The van der Waals surface area contributed by atoms with E-state index >= 15 is 0 Å². The molecule has 0 spiro atoms. The van der Waals surface area contributed by atoms with Gasteiger partial charge in [0.1, 0.15) is 4.90 Å². The van der Waals surface area contributed by atoms with Crippen LogP contribution in [-0.2, 0) is 16.6 Å². The number of nitrogens with zero attached hydrogens (tertiary/aromatic N) is 2. The first kappa shape index (κ1) is 15.8. The standard InChI is InChI=1S/C13H17ClN4O2S/c1-9-5-11(14)13(6-12(9)15)21(19,20)17-10(2)7-18-4-3-16-8-18/h3-6,8,10,17H,7,15H2,1-2H3. The van der Waals surface area contributed by atoms with Gasteiger partial charge in [-0.25, -0.2) is 18.1 Å². The van der Waals surface area contributed by atoms with Crippen LogP contribution in [0.5, 0.6) is 0 Å². The molecule has 2 rings (SSSR count). The van der Waals surface area contributed by atoms with Gasteiger partial charge < -0.3 is 10.3 Å². The fourth-order valence-corrected chi connectivity index (χ4v) is 3.80. The molecule has 0 saturated heterocycles. The van der Waals surface area contributed by atoms with Gasteiger partial charge in [0.15, 0.2) is 0 Å². The zero-order chi connectivity index (χ0) is 15.6. The second-order valence-corrected chi connectivity index (χ2v) is 7.01. The van der Waals surface area contributed by atoms with Crippen molar-refractivity contribution in [3.8, 4) is 0 Å². The van der Waals surface area contributed by atoms with Crippen LogP contribution in [0, 0.1) is 6.92 Å². The number of aryl methyl sites for hydroxylation is 1. The van der Waals surface area contributed by atoms with Gasteiger partial charge in [0.2, 0.25) is 10.0 Å². The summed E-state index contributed by atoms with van der Waals surface area (Å²) in [4.78, 5) is 3.90. The molecular weight excluding hydrogens is 312 g/mol. The first-order valence-electron chi connectivity index (χ1n) is 6.33. The number of nitrogen functional groups attached to an aromatic ring is 1. The molecule has 1 unspecified atom stereocenters. The van der Waals surface area contributed by atoms with Crippen molar-refractivity contribution in [2.24, 2.45) is 0 Å². The molecule has 114 valence electrons. The van der Waals surface area contributed by atoms with E-state index in [1.807, 2.05) is 0 Å². The molecule has 1 atom stereocenters. The Hall–Kier alpha value is -1.57. The molecule has 0 aliphatic heterocycles. The van der Waals surface area contributed by atoms with E-state index in [1.54, 1.807) is 43.2 Å². The Morgan fingerprint density at radius 2 is 2.19 bits per heavy atom. The van der Waals surface area contributed by atoms with Gasteiger partial charge in [-0.05, 0) is 31.5 Å². The molecule has 1 aromatic carbocycles. The van der Waals surface area contributed by atoms with Crippen LogP contribution >= 0.6 is 11.6 Å². The van der Waals surface area contributed by atoms with E-state index in [1.165, 1.54) is 6.07 Å². The summed E-state index contributed by atoms with van der Waals surface area (Å²) < 4.78 is 29.1. The van der Waals surface area contributed by atoms with Crippen molar-refractivity contribution in [2.75, 3.05) is 5.73 Å². The minimum atomic E-state index is -3.73. The summed E-state index contributed by atoms with van der Waals surface area (Å²) >= 11 is 6.02. The lowest BCUT2D eigenvalue weighted by Crippen LogP contribution is -2.35. The third kappa shape index (κ3) is 3.75. The monoisotopic (exact) mass is 328 g/mol. The van der Waals surface area contributed by atoms with Crippen molar-refractivity contribution in [1.29, 1.82) is 0 Å². The van der Waals surface area contributed by atoms with Crippen LogP contribution in [0.2, 0.25) is 5.02 Å². The number of nitrogens with two attached hydrogens (primary N) is 1. The fraction of sp³-hybridized carbons (Fsp3) is 0.308. The molecule has 0 saturated carbocycles. The minimum absolute atomic E-state index is 0.00949. The van der Waals surface area contributed by atoms with Crippen LogP contribution < -0.4 is 10.5 Å². The van der Waals surface area contributed by atoms with Crippen LogP contribution in [0.1, 0.15) is 12.5 Å². The number of sulfonamides is 1. The minimum Gasteiger partial charge on any atom is -0.398 e. The molecule has 3 N–H and O–H groups in total. The van der Waals surface area contributed by atoms with Crippen molar-refractivity contribution in [1.82, 2.24) is 14.3 Å². The second-order valence-electron chi connectivity index (χ2n) is 4.92. The Balaban J connectivity index is 2.20. The topological polar surface area (TPSA) is 90.0 Å². The fourth-order valence-electron chi connectivity index (χ4n) is 1.95. The number of benzene rings is 1. The largest absolute Gasteiger partial charge is 0.398 e. The number of anilines is 1. The van der Waals surface area contributed by atoms with E-state index in [9.17, 15) is 8.42 Å². The zero-order valence-corrected chi connectivity index (χ0v) is 13.3. The molecule has 2 aromatic rings. The van der Waals surface area contributed by atoms with E-state index in [-0.39, 0.29) is 16.0 Å². The maximum absolute atomic E-state index is 12.4. The van der Waals surface area contributed by atoms with Crippen molar-refractivity contribution >= 4 is 27.3 Å². The van der Waals surface area contributed by atoms with E-state index in [0.29, 0.717) is 12.2 Å². The molecule has 0 amide bonds. The number of hydrogen-bond acceptors (Lipinski definition) is 4. The molecule has 1 heterocycles. The normalized spacial score (nSPS) is 13.3. The van der Waals surface area contributed by atoms with Crippen LogP contribution in [-0.4, -0.2) is 24.0 Å². The first-order chi connectivity index (χ1) is 9.79. The number of aromatic nitrogens is 2. The second kappa shape index (κ2) is 6.05. The lowest BCUT2D eigenvalue weighted by molar-refractivity contribution is 0.520. The number of imidazole rings is 1. The van der Waals surface area contributed by atoms with E-state index in [0.717, 1.165) is 5.56 Å². The molecule has 0 fully saturated rings. The Kier molecular flexibility index (Phi) is 4.55. The van der Waals surface area contributed by atoms with E-state index < -0.39 is 10.0 Å². The highest BCUT2D eigenvalue weighted by molar-refractivity contribution is 7.89. The van der Waals surface area contributed by atoms with E-state index in [4.69, 9.17) is 17.3 Å². The summed E-state index contributed by atoms with van der Waals surface area (Å²) in [5.41, 5.74) is 6.90. The summed E-state index contributed by atoms with van der Waals surface area (Å²) in [6.45, 7) is 4.01. The summed E-state index contributed by atoms with van der Waals surface area (Å²) in [7, 11) is -3.73. The van der Waals surface area contributed by atoms with Gasteiger partial charge in [0, 0.05) is 30.7 Å². The van der Waals surface area contributed by atoms with Gasteiger partial charge in [-0.15, -0.1) is 0 Å². The van der Waals surface area contributed by atoms with Crippen LogP contribution in [0.25, 0.3) is 0 Å². The third-order valence-corrected chi connectivity index (χ3v) is 5.06. The maximum atomic E-state index is 12.4. The smallest absolute Gasteiger partial charge is 0.242 e. The Bertz CT molecular complexity index is 729. The van der Waals surface area contributed by atoms with Crippen LogP contribution in [0.15, 0.2) is 35.7 Å². The molecule has 1 aromatic heterocycles. The molecule has 6 nitrogen and oxygen atoms in total. The van der Waals surface area contributed by atoms with Crippen molar-refractivity contribution in [2.45, 2.75) is 31.3 Å². The molecule has 0 bridgehead atoms. The average molecular weight is 329 g/mol. The summed E-state index contributed by atoms with van der Waals surface area (Å²) in [5.74, 6) is 0. The SMILES string of the molecule is Cc1cc(Cl)c(S(=O)(=O)NC(C)Cn2ccnc2)cc1N. The van der Waals surface area contributed by atoms with Gasteiger partial charge in [0.25, 0.3) is 0 Å².